The van der Waals surface area contributed by atoms with Crippen molar-refractivity contribution in [1.82, 2.24) is 9.97 Å². The van der Waals surface area contributed by atoms with E-state index >= 15 is 0 Å². The molecule has 136 valence electrons. The van der Waals surface area contributed by atoms with Gasteiger partial charge in [-0.25, -0.2) is 9.97 Å². The highest BCUT2D eigenvalue weighted by Gasteiger charge is 2.19. The Labute approximate surface area is 152 Å². The van der Waals surface area contributed by atoms with E-state index in [1.165, 1.54) is 19.7 Å². The average molecular weight is 353 g/mol. The van der Waals surface area contributed by atoms with Gasteiger partial charge in [0.15, 0.2) is 0 Å². The minimum Gasteiger partial charge on any atom is -0.356 e. The molecule has 2 aromatic rings. The molecule has 2 heterocycles. The Morgan fingerprint density at radius 2 is 1.92 bits per heavy atom. The Morgan fingerprint density at radius 1 is 1.15 bits per heavy atom. The first kappa shape index (κ1) is 17.8. The maximum atomic E-state index is 12.5. The molecule has 0 spiro atoms. The van der Waals surface area contributed by atoms with Crippen LogP contribution in [-0.2, 0) is 4.79 Å². The molecule has 2 N–H and O–H groups in total. The molecule has 2 amide bonds. The summed E-state index contributed by atoms with van der Waals surface area (Å²) < 4.78 is 0. The van der Waals surface area contributed by atoms with Crippen LogP contribution in [0.15, 0.2) is 36.7 Å². The van der Waals surface area contributed by atoms with Gasteiger partial charge in [-0.1, -0.05) is 13.0 Å². The van der Waals surface area contributed by atoms with Crippen molar-refractivity contribution in [2.24, 2.45) is 5.92 Å². The molecular formula is C19H23N5O2. The third-order valence-corrected chi connectivity index (χ3v) is 4.31. The summed E-state index contributed by atoms with van der Waals surface area (Å²) in [6.45, 7) is 5.55. The lowest BCUT2D eigenvalue weighted by Crippen LogP contribution is -2.35. The van der Waals surface area contributed by atoms with Crippen molar-refractivity contribution in [3.63, 3.8) is 0 Å². The molecule has 7 heteroatoms. The number of carbonyl (C=O) groups excluding carboxylic acids is 2. The van der Waals surface area contributed by atoms with Crippen LogP contribution in [0.2, 0.25) is 0 Å². The summed E-state index contributed by atoms with van der Waals surface area (Å²) in [5.41, 5.74) is 1.53. The van der Waals surface area contributed by atoms with Gasteiger partial charge in [-0.2, -0.15) is 0 Å². The molecule has 0 bridgehead atoms. The summed E-state index contributed by atoms with van der Waals surface area (Å²) in [6, 6.07) is 8.72. The number of piperidine rings is 1. The van der Waals surface area contributed by atoms with Crippen molar-refractivity contribution in [2.75, 3.05) is 28.6 Å². The number of nitrogens with zero attached hydrogens (tertiary/aromatic N) is 3. The third kappa shape index (κ3) is 4.56. The quantitative estimate of drug-likeness (QED) is 0.882. The molecular weight excluding hydrogens is 330 g/mol. The van der Waals surface area contributed by atoms with Crippen LogP contribution in [0.3, 0.4) is 0 Å². The smallest absolute Gasteiger partial charge is 0.274 e. The van der Waals surface area contributed by atoms with E-state index in [0.29, 0.717) is 23.0 Å². The predicted molar refractivity (Wildman–Crippen MR) is 101 cm³/mol. The van der Waals surface area contributed by atoms with Gasteiger partial charge in [0.05, 0.1) is 0 Å². The van der Waals surface area contributed by atoms with Crippen molar-refractivity contribution >= 4 is 29.0 Å². The maximum Gasteiger partial charge on any atom is 0.274 e. The van der Waals surface area contributed by atoms with Crippen LogP contribution in [0, 0.1) is 5.92 Å². The summed E-state index contributed by atoms with van der Waals surface area (Å²) in [5.74, 6) is 0.930. The number of amides is 2. The van der Waals surface area contributed by atoms with Crippen LogP contribution < -0.4 is 15.5 Å². The molecule has 26 heavy (non-hydrogen) atoms. The summed E-state index contributed by atoms with van der Waals surface area (Å²) in [5, 5.41) is 5.50. The van der Waals surface area contributed by atoms with Crippen molar-refractivity contribution in [3.05, 3.63) is 42.4 Å². The van der Waals surface area contributed by atoms with Gasteiger partial charge in [0.1, 0.15) is 17.8 Å². The lowest BCUT2D eigenvalue weighted by Gasteiger charge is -2.31. The standard InChI is InChI=1S/C19H23N5O2/c1-13-5-4-8-24(11-13)18-10-17(20-12-21-18)19(26)23-16-7-3-6-15(9-16)22-14(2)25/h3,6-7,9-10,12-13H,4-5,8,11H2,1-2H3,(H,22,25)(H,23,26). The number of rotatable bonds is 4. The molecule has 1 aliphatic rings. The van der Waals surface area contributed by atoms with Crippen LogP contribution >= 0.6 is 0 Å². The van der Waals surface area contributed by atoms with Gasteiger partial charge >= 0.3 is 0 Å². The van der Waals surface area contributed by atoms with Crippen LogP contribution in [0.4, 0.5) is 17.2 Å². The zero-order chi connectivity index (χ0) is 18.5. The first-order chi connectivity index (χ1) is 12.5. The SMILES string of the molecule is CC(=O)Nc1cccc(NC(=O)c2cc(N3CCCC(C)C3)ncn2)c1. The Balaban J connectivity index is 1.72. The van der Waals surface area contributed by atoms with Gasteiger partial charge in [0.2, 0.25) is 5.91 Å². The highest BCUT2D eigenvalue weighted by atomic mass is 16.2. The molecule has 1 atom stereocenters. The van der Waals surface area contributed by atoms with Gasteiger partial charge in [-0.05, 0) is 37.0 Å². The van der Waals surface area contributed by atoms with Gasteiger partial charge in [0, 0.05) is 37.5 Å². The Bertz CT molecular complexity index is 808. The van der Waals surface area contributed by atoms with Gasteiger partial charge in [-0.15, -0.1) is 0 Å². The molecule has 1 unspecified atom stereocenters. The fourth-order valence-electron chi connectivity index (χ4n) is 3.11. The molecule has 0 radical (unpaired) electrons. The number of hydrogen-bond acceptors (Lipinski definition) is 5. The molecule has 1 aromatic carbocycles. The second-order valence-corrected chi connectivity index (χ2v) is 6.67. The summed E-state index contributed by atoms with van der Waals surface area (Å²) in [4.78, 5) is 34.3. The second-order valence-electron chi connectivity index (χ2n) is 6.67. The van der Waals surface area contributed by atoms with E-state index in [1.54, 1.807) is 30.3 Å². The van der Waals surface area contributed by atoms with E-state index < -0.39 is 0 Å². The van der Waals surface area contributed by atoms with E-state index in [-0.39, 0.29) is 11.8 Å². The van der Waals surface area contributed by atoms with Crippen LogP contribution in [0.1, 0.15) is 37.2 Å². The van der Waals surface area contributed by atoms with Crippen molar-refractivity contribution in [3.8, 4) is 0 Å². The van der Waals surface area contributed by atoms with Crippen LogP contribution in [0.25, 0.3) is 0 Å². The minimum atomic E-state index is -0.307. The maximum absolute atomic E-state index is 12.5. The average Bonchev–Trinajstić information content (AvgIpc) is 2.61. The largest absolute Gasteiger partial charge is 0.356 e. The van der Waals surface area contributed by atoms with Crippen molar-refractivity contribution < 1.29 is 9.59 Å². The fraction of sp³-hybridized carbons (Fsp3) is 0.368. The van der Waals surface area contributed by atoms with E-state index in [9.17, 15) is 9.59 Å². The lowest BCUT2D eigenvalue weighted by molar-refractivity contribution is -0.114. The minimum absolute atomic E-state index is 0.162. The molecule has 3 rings (SSSR count). The number of aromatic nitrogens is 2. The van der Waals surface area contributed by atoms with E-state index in [2.05, 4.69) is 32.4 Å². The molecule has 1 fully saturated rings. The van der Waals surface area contributed by atoms with Gasteiger partial charge < -0.3 is 15.5 Å². The van der Waals surface area contributed by atoms with Crippen LogP contribution in [0.5, 0.6) is 0 Å². The molecule has 1 saturated heterocycles. The molecule has 7 nitrogen and oxygen atoms in total. The fourth-order valence-corrected chi connectivity index (χ4v) is 3.11. The highest BCUT2D eigenvalue weighted by Crippen LogP contribution is 2.22. The lowest BCUT2D eigenvalue weighted by atomic mass is 10.0. The van der Waals surface area contributed by atoms with E-state index in [4.69, 9.17) is 0 Å². The molecule has 0 aliphatic carbocycles. The zero-order valence-electron chi connectivity index (χ0n) is 15.0. The zero-order valence-corrected chi connectivity index (χ0v) is 15.0. The van der Waals surface area contributed by atoms with Gasteiger partial charge in [0.25, 0.3) is 5.91 Å². The van der Waals surface area contributed by atoms with Crippen LogP contribution in [-0.4, -0.2) is 34.9 Å². The third-order valence-electron chi connectivity index (χ3n) is 4.31. The Kier molecular flexibility index (Phi) is 5.46. The Hall–Kier alpha value is -2.96. The topological polar surface area (TPSA) is 87.2 Å². The Morgan fingerprint density at radius 3 is 2.65 bits per heavy atom. The van der Waals surface area contributed by atoms with E-state index in [0.717, 1.165) is 25.3 Å². The summed E-state index contributed by atoms with van der Waals surface area (Å²) in [7, 11) is 0. The summed E-state index contributed by atoms with van der Waals surface area (Å²) in [6.07, 6.45) is 3.78. The first-order valence-electron chi connectivity index (χ1n) is 8.77. The first-order valence-corrected chi connectivity index (χ1v) is 8.77. The molecule has 0 saturated carbocycles. The summed E-state index contributed by atoms with van der Waals surface area (Å²) >= 11 is 0. The molecule has 1 aliphatic heterocycles. The van der Waals surface area contributed by atoms with Gasteiger partial charge in [-0.3, -0.25) is 9.59 Å². The predicted octanol–water partition coefficient (Wildman–Crippen LogP) is 2.92. The second kappa shape index (κ2) is 7.95. The number of hydrogen-bond donors (Lipinski definition) is 2. The number of carbonyl (C=O) groups is 2. The highest BCUT2D eigenvalue weighted by molar-refractivity contribution is 6.03. The number of nitrogens with one attached hydrogen (secondary N) is 2. The monoisotopic (exact) mass is 353 g/mol. The number of benzene rings is 1. The van der Waals surface area contributed by atoms with Crippen molar-refractivity contribution in [1.29, 1.82) is 0 Å². The molecule has 1 aromatic heterocycles. The number of anilines is 3. The van der Waals surface area contributed by atoms with Crippen molar-refractivity contribution in [2.45, 2.75) is 26.7 Å². The van der Waals surface area contributed by atoms with E-state index in [1.807, 2.05) is 0 Å². The normalized spacial score (nSPS) is 16.8.